The third kappa shape index (κ3) is 3.98. The Labute approximate surface area is 174 Å². The molecule has 6 nitrogen and oxygen atoms in total. The molecule has 1 atom stereocenters. The van der Waals surface area contributed by atoms with Gasteiger partial charge in [-0.05, 0) is 48.6 Å². The fourth-order valence-corrected chi connectivity index (χ4v) is 3.81. The van der Waals surface area contributed by atoms with E-state index < -0.39 is 22.5 Å². The molecule has 0 aliphatic heterocycles. The molecular weight excluding hydrogens is 380 g/mol. The van der Waals surface area contributed by atoms with Gasteiger partial charge in [0.1, 0.15) is 0 Å². The molecule has 3 rings (SSSR count). The highest BCUT2D eigenvalue weighted by atomic mass is 16.5. The fourth-order valence-electron chi connectivity index (χ4n) is 3.81. The molecule has 1 unspecified atom stereocenters. The molecule has 1 amide bonds. The Balaban J connectivity index is 1.90. The number of carbonyl (C=O) groups excluding carboxylic acids is 1. The monoisotopic (exact) mass is 404 g/mol. The van der Waals surface area contributed by atoms with Gasteiger partial charge in [-0.2, -0.15) is 0 Å². The smallest absolute Gasteiger partial charge is 0.366 e. The summed E-state index contributed by atoms with van der Waals surface area (Å²) in [6, 6.07) is 12.5. The van der Waals surface area contributed by atoms with E-state index in [2.05, 4.69) is 16.4 Å². The number of nitrogens with zero attached hydrogens (tertiary/aromatic N) is 1. The van der Waals surface area contributed by atoms with Crippen LogP contribution in [0.1, 0.15) is 37.1 Å². The highest BCUT2D eigenvalue weighted by Gasteiger charge is 2.41. The third-order valence-corrected chi connectivity index (χ3v) is 5.34. The van der Waals surface area contributed by atoms with Gasteiger partial charge in [0.15, 0.2) is 0 Å². The van der Waals surface area contributed by atoms with Crippen LogP contribution in [0, 0.1) is 26.2 Å². The van der Waals surface area contributed by atoms with Crippen LogP contribution in [0.4, 0.5) is 5.69 Å². The van der Waals surface area contributed by atoms with Crippen LogP contribution in [0.2, 0.25) is 0 Å². The highest BCUT2D eigenvalue weighted by Crippen LogP contribution is 2.34. The van der Waals surface area contributed by atoms with Gasteiger partial charge in [-0.3, -0.25) is 4.79 Å². The van der Waals surface area contributed by atoms with Crippen molar-refractivity contribution in [3.05, 3.63) is 69.7 Å². The van der Waals surface area contributed by atoms with Crippen molar-refractivity contribution in [2.45, 2.75) is 45.1 Å². The van der Waals surface area contributed by atoms with Crippen LogP contribution in [0.3, 0.4) is 0 Å². The molecule has 3 aromatic rings. The first-order valence-corrected chi connectivity index (χ1v) is 9.55. The van der Waals surface area contributed by atoms with E-state index in [4.69, 9.17) is 10.9 Å². The van der Waals surface area contributed by atoms with Crippen LogP contribution in [0.15, 0.2) is 51.8 Å². The lowest BCUT2D eigenvalue weighted by atomic mass is 9.73. The Morgan fingerprint density at radius 2 is 1.90 bits per heavy atom. The molecule has 0 radical (unpaired) electrons. The number of fused-ring (bicyclic) bond motifs is 1. The largest absolute Gasteiger partial charge is 0.369 e. The quantitative estimate of drug-likeness (QED) is 0.635. The van der Waals surface area contributed by atoms with Crippen LogP contribution in [0.25, 0.3) is 10.8 Å². The molecule has 0 fully saturated rings. The molecular formula is C24H24N2O4. The van der Waals surface area contributed by atoms with Gasteiger partial charge >= 0.3 is 5.63 Å². The molecule has 0 saturated carbocycles. The number of terminal acetylenes is 1. The minimum absolute atomic E-state index is 0.0327. The van der Waals surface area contributed by atoms with Crippen LogP contribution < -0.4 is 10.9 Å². The second-order valence-corrected chi connectivity index (χ2v) is 8.15. The second-order valence-electron chi connectivity index (χ2n) is 8.15. The number of amides is 1. The zero-order valence-electron chi connectivity index (χ0n) is 17.4. The maximum absolute atomic E-state index is 12.9. The first-order chi connectivity index (χ1) is 14.1. The van der Waals surface area contributed by atoms with Crippen LogP contribution in [0.5, 0.6) is 0 Å². The topological polar surface area (TPSA) is 92.4 Å². The number of hydrogen-bond donors (Lipinski definition) is 2. The second kappa shape index (κ2) is 7.77. The normalized spacial score (nSPS) is 13.5. The summed E-state index contributed by atoms with van der Waals surface area (Å²) in [7, 11) is 0. The molecule has 30 heavy (non-hydrogen) atoms. The van der Waals surface area contributed by atoms with Crippen LogP contribution in [-0.4, -0.2) is 21.8 Å². The van der Waals surface area contributed by atoms with Gasteiger partial charge in [0, 0.05) is 17.5 Å². The summed E-state index contributed by atoms with van der Waals surface area (Å²) in [5.74, 6) is 1.56. The van der Waals surface area contributed by atoms with Crippen molar-refractivity contribution in [3.63, 3.8) is 0 Å². The van der Waals surface area contributed by atoms with Gasteiger partial charge in [-0.1, -0.05) is 49.2 Å². The number of aliphatic hydroxyl groups is 1. The van der Waals surface area contributed by atoms with Crippen molar-refractivity contribution >= 4 is 22.4 Å². The molecule has 2 N–H and O–H groups in total. The third-order valence-electron chi connectivity index (χ3n) is 5.34. The van der Waals surface area contributed by atoms with Gasteiger partial charge in [-0.15, -0.1) is 6.42 Å². The van der Waals surface area contributed by atoms with E-state index in [-0.39, 0.29) is 6.42 Å². The fraction of sp³-hybridized carbons (Fsp3) is 0.292. The zero-order chi connectivity index (χ0) is 22.1. The average Bonchev–Trinajstić information content (AvgIpc) is 2.70. The number of aryl methyl sites for hydroxylation is 2. The first kappa shape index (κ1) is 21.3. The lowest BCUT2D eigenvalue weighted by molar-refractivity contribution is -0.130. The van der Waals surface area contributed by atoms with Crippen molar-refractivity contribution in [3.8, 4) is 12.3 Å². The number of anilines is 1. The van der Waals surface area contributed by atoms with Crippen molar-refractivity contribution < 1.29 is 14.4 Å². The summed E-state index contributed by atoms with van der Waals surface area (Å²) < 4.78 is 4.71. The number of rotatable bonds is 5. The highest BCUT2D eigenvalue weighted by molar-refractivity contribution is 6.01. The van der Waals surface area contributed by atoms with Gasteiger partial charge in [0.2, 0.25) is 5.60 Å². The lowest BCUT2D eigenvalue weighted by Crippen LogP contribution is -2.46. The molecule has 0 bridgehead atoms. The molecule has 0 aliphatic carbocycles. The Kier molecular flexibility index (Phi) is 5.51. The summed E-state index contributed by atoms with van der Waals surface area (Å²) in [4.78, 5) is 24.8. The number of hydrogen-bond acceptors (Lipinski definition) is 5. The Morgan fingerprint density at radius 3 is 2.57 bits per heavy atom. The van der Waals surface area contributed by atoms with E-state index in [1.54, 1.807) is 19.1 Å². The number of benzene rings is 2. The number of nitrogens with one attached hydrogen (secondary N) is 1. The van der Waals surface area contributed by atoms with E-state index in [9.17, 15) is 14.7 Å². The van der Waals surface area contributed by atoms with Gasteiger partial charge in [-0.25, -0.2) is 4.79 Å². The molecule has 1 heterocycles. The minimum atomic E-state index is -2.02. The van der Waals surface area contributed by atoms with Crippen molar-refractivity contribution in [1.29, 1.82) is 0 Å². The molecule has 0 spiro atoms. The van der Waals surface area contributed by atoms with Crippen molar-refractivity contribution in [2.75, 3.05) is 5.32 Å². The summed E-state index contributed by atoms with van der Waals surface area (Å²) >= 11 is 0. The van der Waals surface area contributed by atoms with Crippen molar-refractivity contribution in [2.24, 2.45) is 0 Å². The van der Waals surface area contributed by atoms with Crippen molar-refractivity contribution in [1.82, 2.24) is 5.16 Å². The molecule has 2 aromatic carbocycles. The average molecular weight is 404 g/mol. The Bertz CT molecular complexity index is 1220. The van der Waals surface area contributed by atoms with E-state index >= 15 is 0 Å². The summed E-state index contributed by atoms with van der Waals surface area (Å²) in [5.41, 5.74) is -0.173. The van der Waals surface area contributed by atoms with E-state index in [1.807, 2.05) is 45.0 Å². The predicted molar refractivity (Wildman–Crippen MR) is 116 cm³/mol. The Hall–Kier alpha value is -3.43. The predicted octanol–water partition coefficient (Wildman–Crippen LogP) is 3.48. The summed E-state index contributed by atoms with van der Waals surface area (Å²) in [5, 5.41) is 18.3. The molecule has 0 aliphatic rings. The van der Waals surface area contributed by atoms with Crippen LogP contribution >= 0.6 is 0 Å². The zero-order valence-corrected chi connectivity index (χ0v) is 17.4. The van der Waals surface area contributed by atoms with Crippen LogP contribution in [-0.2, 0) is 10.2 Å². The molecule has 154 valence electrons. The first-order valence-electron chi connectivity index (χ1n) is 9.55. The maximum atomic E-state index is 12.9. The van der Waals surface area contributed by atoms with Gasteiger partial charge < -0.3 is 14.9 Å². The molecule has 6 heteroatoms. The van der Waals surface area contributed by atoms with E-state index in [0.29, 0.717) is 22.2 Å². The summed E-state index contributed by atoms with van der Waals surface area (Å²) in [6.07, 6.45) is 5.63. The minimum Gasteiger partial charge on any atom is -0.369 e. The number of aromatic nitrogens is 1. The van der Waals surface area contributed by atoms with Gasteiger partial charge in [0.05, 0.1) is 11.1 Å². The maximum Gasteiger partial charge on any atom is 0.366 e. The lowest BCUT2D eigenvalue weighted by Gasteiger charge is -2.33. The molecule has 1 aromatic heterocycles. The summed E-state index contributed by atoms with van der Waals surface area (Å²) in [6.45, 7) is 7.55. The van der Waals surface area contributed by atoms with E-state index in [0.717, 1.165) is 11.1 Å². The standard InChI is InChI=1S/C24H24N2O4/c1-6-24(29,14-23(4,5)20-10-8-7-9-15(20)2)22(28)25-17-11-12-18-19(13-17)16(3)26-30-21(18)27/h1,7-13,29H,14H2,2-5H3,(H,25,28). The molecule has 0 saturated heterocycles. The SMILES string of the molecule is C#CC(O)(CC(C)(C)c1ccccc1C)C(=O)Nc1ccc2c(=O)onc(C)c2c1. The Morgan fingerprint density at radius 1 is 1.20 bits per heavy atom. The van der Waals surface area contributed by atoms with E-state index in [1.165, 1.54) is 6.07 Å². The van der Waals surface area contributed by atoms with Gasteiger partial charge in [0.25, 0.3) is 5.91 Å². The number of carbonyl (C=O) groups is 1.